The van der Waals surface area contributed by atoms with E-state index in [1.54, 1.807) is 10.7 Å². The lowest BCUT2D eigenvalue weighted by Gasteiger charge is -2.33. The Balaban J connectivity index is 1.75. The van der Waals surface area contributed by atoms with E-state index in [0.29, 0.717) is 37.1 Å². The van der Waals surface area contributed by atoms with Gasteiger partial charge in [0.1, 0.15) is 29.3 Å². The molecule has 1 aliphatic rings. The van der Waals surface area contributed by atoms with Gasteiger partial charge in [0.25, 0.3) is 0 Å². The molecule has 0 spiro atoms. The Bertz CT molecular complexity index is 1130. The maximum absolute atomic E-state index is 14.2. The monoisotopic (exact) mass is 427 g/mol. The van der Waals surface area contributed by atoms with Crippen LogP contribution >= 0.6 is 0 Å². The van der Waals surface area contributed by atoms with Crippen LogP contribution in [-0.4, -0.2) is 51.3 Å². The number of anilines is 1. The molecule has 0 radical (unpaired) electrons. The Morgan fingerprint density at radius 1 is 1.19 bits per heavy atom. The molecule has 8 nitrogen and oxygen atoms in total. The number of carbonyl (C=O) groups excluding carboxylic acids is 1. The Morgan fingerprint density at radius 3 is 2.65 bits per heavy atom. The summed E-state index contributed by atoms with van der Waals surface area (Å²) in [5.41, 5.74) is 7.47. The van der Waals surface area contributed by atoms with Gasteiger partial charge in [-0.3, -0.25) is 4.79 Å². The number of piperazine rings is 1. The van der Waals surface area contributed by atoms with E-state index in [0.717, 1.165) is 17.5 Å². The average Bonchev–Trinajstić information content (AvgIpc) is 3.08. The molecule has 0 bridgehead atoms. The van der Waals surface area contributed by atoms with Gasteiger partial charge < -0.3 is 16.0 Å². The van der Waals surface area contributed by atoms with Crippen molar-refractivity contribution in [3.05, 3.63) is 64.7 Å². The summed E-state index contributed by atoms with van der Waals surface area (Å²) in [5.74, 6) is -0.258. The van der Waals surface area contributed by atoms with Crippen molar-refractivity contribution in [3.8, 4) is 5.82 Å². The first kappa shape index (κ1) is 20.9. The number of benzene rings is 1. The molecule has 31 heavy (non-hydrogen) atoms. The Kier molecular flexibility index (Phi) is 5.64. The second-order valence-electron chi connectivity index (χ2n) is 7.61. The van der Waals surface area contributed by atoms with Gasteiger partial charge in [0.2, 0.25) is 5.91 Å². The lowest BCUT2D eigenvalue weighted by molar-refractivity contribution is -0.120. The smallest absolute Gasteiger partial charge is 0.236 e. The third-order valence-electron chi connectivity index (χ3n) is 5.18. The molecule has 1 aliphatic heterocycles. The molecule has 1 unspecified atom stereocenters. The number of hydrogen-bond acceptors (Lipinski definition) is 6. The van der Waals surface area contributed by atoms with Crippen LogP contribution in [0.4, 0.5) is 14.6 Å². The Hall–Kier alpha value is -3.40. The zero-order valence-corrected chi connectivity index (χ0v) is 17.3. The van der Waals surface area contributed by atoms with Crippen LogP contribution in [0.3, 0.4) is 0 Å². The van der Waals surface area contributed by atoms with Gasteiger partial charge in [-0.1, -0.05) is 6.07 Å². The van der Waals surface area contributed by atoms with E-state index >= 15 is 0 Å². The van der Waals surface area contributed by atoms with Crippen LogP contribution in [0.25, 0.3) is 5.82 Å². The van der Waals surface area contributed by atoms with Gasteiger partial charge in [-0.25, -0.2) is 23.4 Å². The molecule has 0 saturated carbocycles. The number of hydrogen-bond donors (Lipinski definition) is 2. The molecular formula is C21H23F2N7O. The number of aryl methyl sites for hydroxylation is 2. The molecule has 4 rings (SSSR count). The minimum atomic E-state index is -0.655. The van der Waals surface area contributed by atoms with Crippen LogP contribution in [0, 0.1) is 25.5 Å². The van der Waals surface area contributed by atoms with Gasteiger partial charge in [0.05, 0.1) is 5.69 Å². The topological polar surface area (TPSA) is 102 Å². The highest BCUT2D eigenvalue weighted by Gasteiger charge is 2.25. The molecule has 1 aromatic carbocycles. The number of aromatic nitrogens is 4. The Morgan fingerprint density at radius 2 is 1.97 bits per heavy atom. The fourth-order valence-corrected chi connectivity index (χ4v) is 3.66. The van der Waals surface area contributed by atoms with E-state index in [9.17, 15) is 13.6 Å². The minimum absolute atomic E-state index is 0.0809. The normalized spacial score (nSPS) is 16.5. The highest BCUT2D eigenvalue weighted by atomic mass is 19.1. The number of carbonyl (C=O) groups is 1. The molecule has 2 aromatic heterocycles. The number of amides is 1. The summed E-state index contributed by atoms with van der Waals surface area (Å²) >= 11 is 0. The maximum Gasteiger partial charge on any atom is 0.236 e. The summed E-state index contributed by atoms with van der Waals surface area (Å²) in [6, 6.07) is 6.64. The predicted octanol–water partition coefficient (Wildman–Crippen LogP) is 1.41. The van der Waals surface area contributed by atoms with E-state index in [4.69, 9.17) is 5.73 Å². The van der Waals surface area contributed by atoms with Gasteiger partial charge in [-0.2, -0.15) is 5.10 Å². The third-order valence-corrected chi connectivity index (χ3v) is 5.18. The van der Waals surface area contributed by atoms with Gasteiger partial charge in [0, 0.05) is 43.9 Å². The van der Waals surface area contributed by atoms with Crippen molar-refractivity contribution in [2.45, 2.75) is 26.3 Å². The van der Waals surface area contributed by atoms with Crippen molar-refractivity contribution in [1.82, 2.24) is 25.1 Å². The number of primary amides is 1. The van der Waals surface area contributed by atoms with E-state index < -0.39 is 23.6 Å². The summed E-state index contributed by atoms with van der Waals surface area (Å²) < 4.78 is 29.2. The summed E-state index contributed by atoms with van der Waals surface area (Å²) in [5, 5.41) is 7.57. The molecule has 0 aliphatic carbocycles. The van der Waals surface area contributed by atoms with Gasteiger partial charge >= 0.3 is 0 Å². The number of nitrogens with two attached hydrogens (primary N) is 1. The van der Waals surface area contributed by atoms with Crippen LogP contribution in [0.1, 0.15) is 22.8 Å². The number of nitrogens with one attached hydrogen (secondary N) is 1. The number of rotatable bonds is 5. The zero-order chi connectivity index (χ0) is 22.1. The lowest BCUT2D eigenvalue weighted by Crippen LogP contribution is -2.56. The third kappa shape index (κ3) is 4.53. The molecule has 1 atom stereocenters. The first-order valence-corrected chi connectivity index (χ1v) is 9.93. The van der Waals surface area contributed by atoms with Crippen LogP contribution in [0.2, 0.25) is 0 Å². The molecular weight excluding hydrogens is 404 g/mol. The highest BCUT2D eigenvalue weighted by molar-refractivity contribution is 5.81. The second kappa shape index (κ2) is 8.38. The first-order valence-electron chi connectivity index (χ1n) is 9.93. The summed E-state index contributed by atoms with van der Waals surface area (Å²) in [6.07, 6.45) is 0.0809. The van der Waals surface area contributed by atoms with Crippen LogP contribution in [-0.2, 0) is 11.2 Å². The zero-order valence-electron chi connectivity index (χ0n) is 17.3. The van der Waals surface area contributed by atoms with Crippen LogP contribution in [0.5, 0.6) is 0 Å². The van der Waals surface area contributed by atoms with Crippen LogP contribution < -0.4 is 16.0 Å². The largest absolute Gasteiger partial charge is 0.368 e. The van der Waals surface area contributed by atoms with E-state index in [-0.39, 0.29) is 12.0 Å². The van der Waals surface area contributed by atoms with E-state index in [1.165, 1.54) is 12.1 Å². The molecule has 3 aromatic rings. The van der Waals surface area contributed by atoms with Gasteiger partial charge in [0.15, 0.2) is 5.82 Å². The van der Waals surface area contributed by atoms with E-state index in [1.807, 2.05) is 24.8 Å². The quantitative estimate of drug-likeness (QED) is 0.639. The van der Waals surface area contributed by atoms with Gasteiger partial charge in [-0.15, -0.1) is 0 Å². The van der Waals surface area contributed by atoms with Crippen molar-refractivity contribution in [2.24, 2.45) is 5.73 Å². The molecule has 1 amide bonds. The van der Waals surface area contributed by atoms with Crippen molar-refractivity contribution < 1.29 is 13.6 Å². The van der Waals surface area contributed by atoms with Crippen molar-refractivity contribution in [2.75, 3.05) is 24.5 Å². The standard InChI is InChI=1S/C21H23F2N7O/c1-12-7-13(2)30(28-12)20-10-19(29-6-5-25-17(11-29)21(24)31)26-18(27-20)8-14-3-4-15(22)9-16(14)23/h3-4,7,9-10,17,25H,5-6,8,11H2,1-2H3,(H2,24,31). The van der Waals surface area contributed by atoms with Crippen molar-refractivity contribution >= 4 is 11.7 Å². The average molecular weight is 427 g/mol. The summed E-state index contributed by atoms with van der Waals surface area (Å²) in [4.78, 5) is 22.8. The molecule has 1 fully saturated rings. The number of halogens is 2. The molecule has 162 valence electrons. The molecule has 1 saturated heterocycles. The fourth-order valence-electron chi connectivity index (χ4n) is 3.66. The Labute approximate surface area is 178 Å². The maximum atomic E-state index is 14.2. The van der Waals surface area contributed by atoms with Crippen LogP contribution in [0.15, 0.2) is 30.3 Å². The fraction of sp³-hybridized carbons (Fsp3) is 0.333. The molecule has 10 heteroatoms. The van der Waals surface area contributed by atoms with Crippen molar-refractivity contribution in [3.63, 3.8) is 0 Å². The van der Waals surface area contributed by atoms with Crippen molar-refractivity contribution in [1.29, 1.82) is 0 Å². The summed E-state index contributed by atoms with van der Waals surface area (Å²) in [6.45, 7) is 5.33. The molecule has 3 N–H and O–H groups in total. The lowest BCUT2D eigenvalue weighted by atomic mass is 10.1. The van der Waals surface area contributed by atoms with E-state index in [2.05, 4.69) is 20.4 Å². The SMILES string of the molecule is Cc1cc(C)n(-c2cc(N3CCNC(C(N)=O)C3)nc(Cc3ccc(F)cc3F)n2)n1. The minimum Gasteiger partial charge on any atom is -0.368 e. The molecule has 3 heterocycles. The first-order chi connectivity index (χ1) is 14.8. The predicted molar refractivity (Wildman–Crippen MR) is 111 cm³/mol. The highest BCUT2D eigenvalue weighted by Crippen LogP contribution is 2.21. The summed E-state index contributed by atoms with van der Waals surface area (Å²) in [7, 11) is 0. The number of nitrogens with zero attached hydrogens (tertiary/aromatic N) is 5. The second-order valence-corrected chi connectivity index (χ2v) is 7.61. The van der Waals surface area contributed by atoms with Gasteiger partial charge in [-0.05, 0) is 31.5 Å².